The van der Waals surface area contributed by atoms with Gasteiger partial charge in [-0.05, 0) is 31.7 Å². The quantitative estimate of drug-likeness (QED) is 0.896. The van der Waals surface area contributed by atoms with E-state index in [1.54, 1.807) is 19.0 Å². The molecule has 0 aliphatic heterocycles. The van der Waals surface area contributed by atoms with Gasteiger partial charge in [-0.1, -0.05) is 23.7 Å². The SMILES string of the molecule is CC(N)C(c1cccc(Cl)c1)N(C)CC(=O)N(C)C. The second-order valence-electron chi connectivity index (χ2n) is 5.06. The van der Waals surface area contributed by atoms with E-state index in [-0.39, 0.29) is 18.0 Å². The molecule has 0 aromatic heterocycles. The molecule has 5 heteroatoms. The van der Waals surface area contributed by atoms with Crippen molar-refractivity contribution in [3.63, 3.8) is 0 Å². The monoisotopic (exact) mass is 283 g/mol. The van der Waals surface area contributed by atoms with Crippen molar-refractivity contribution in [3.05, 3.63) is 34.9 Å². The molecule has 1 amide bonds. The van der Waals surface area contributed by atoms with Gasteiger partial charge in [0, 0.05) is 31.2 Å². The predicted octanol–water partition coefficient (Wildman–Crippen LogP) is 1.75. The second kappa shape index (κ2) is 6.89. The van der Waals surface area contributed by atoms with Gasteiger partial charge in [0.15, 0.2) is 0 Å². The fraction of sp³-hybridized carbons (Fsp3) is 0.500. The number of amides is 1. The van der Waals surface area contributed by atoms with E-state index in [0.29, 0.717) is 11.6 Å². The van der Waals surface area contributed by atoms with E-state index < -0.39 is 0 Å². The first-order valence-electron chi connectivity index (χ1n) is 6.24. The molecule has 0 bridgehead atoms. The lowest BCUT2D eigenvalue weighted by molar-refractivity contribution is -0.130. The number of hydrogen-bond acceptors (Lipinski definition) is 3. The maximum Gasteiger partial charge on any atom is 0.236 e. The molecular formula is C14H22ClN3O. The highest BCUT2D eigenvalue weighted by molar-refractivity contribution is 6.30. The molecule has 0 fully saturated rings. The van der Waals surface area contributed by atoms with Gasteiger partial charge in [0.25, 0.3) is 0 Å². The van der Waals surface area contributed by atoms with E-state index in [4.69, 9.17) is 17.3 Å². The first-order chi connectivity index (χ1) is 8.82. The second-order valence-corrected chi connectivity index (χ2v) is 5.50. The molecule has 0 heterocycles. The van der Waals surface area contributed by atoms with E-state index in [2.05, 4.69) is 0 Å². The normalized spacial score (nSPS) is 14.3. The molecule has 1 aromatic carbocycles. The summed E-state index contributed by atoms with van der Waals surface area (Å²) in [5.74, 6) is 0.0511. The lowest BCUT2D eigenvalue weighted by atomic mass is 9.99. The van der Waals surface area contributed by atoms with Gasteiger partial charge in [-0.3, -0.25) is 9.69 Å². The zero-order valence-electron chi connectivity index (χ0n) is 11.9. The molecule has 0 aliphatic carbocycles. The Morgan fingerprint density at radius 3 is 2.47 bits per heavy atom. The molecule has 1 aromatic rings. The standard InChI is InChI=1S/C14H22ClN3O/c1-10(16)14(11-6-5-7-12(15)8-11)18(4)9-13(19)17(2)3/h5-8,10,14H,9,16H2,1-4H3. The highest BCUT2D eigenvalue weighted by atomic mass is 35.5. The number of carbonyl (C=O) groups excluding carboxylic acids is 1. The van der Waals surface area contributed by atoms with Gasteiger partial charge in [-0.25, -0.2) is 0 Å². The van der Waals surface area contributed by atoms with Crippen molar-refractivity contribution in [1.82, 2.24) is 9.80 Å². The minimum atomic E-state index is -0.0987. The van der Waals surface area contributed by atoms with Gasteiger partial charge in [-0.2, -0.15) is 0 Å². The maximum atomic E-state index is 11.8. The smallest absolute Gasteiger partial charge is 0.236 e. The molecule has 0 aliphatic rings. The van der Waals surface area contributed by atoms with Crippen molar-refractivity contribution in [2.24, 2.45) is 5.73 Å². The largest absolute Gasteiger partial charge is 0.348 e. The predicted molar refractivity (Wildman–Crippen MR) is 79.2 cm³/mol. The third kappa shape index (κ3) is 4.49. The number of likely N-dealkylation sites (N-methyl/N-ethyl adjacent to an activating group) is 2. The fourth-order valence-electron chi connectivity index (χ4n) is 2.10. The van der Waals surface area contributed by atoms with E-state index in [9.17, 15) is 4.79 Å². The van der Waals surface area contributed by atoms with Gasteiger partial charge >= 0.3 is 0 Å². The number of hydrogen-bond donors (Lipinski definition) is 1. The van der Waals surface area contributed by atoms with Crippen LogP contribution in [0.3, 0.4) is 0 Å². The lowest BCUT2D eigenvalue weighted by Gasteiger charge is -2.31. The average molecular weight is 284 g/mol. The molecule has 4 nitrogen and oxygen atoms in total. The van der Waals surface area contributed by atoms with Gasteiger partial charge < -0.3 is 10.6 Å². The first-order valence-corrected chi connectivity index (χ1v) is 6.62. The molecule has 0 saturated carbocycles. The van der Waals surface area contributed by atoms with Crippen molar-refractivity contribution >= 4 is 17.5 Å². The molecule has 0 spiro atoms. The Bertz CT molecular complexity index is 434. The summed E-state index contributed by atoms with van der Waals surface area (Å²) in [4.78, 5) is 15.3. The van der Waals surface area contributed by atoms with Crippen LogP contribution in [0.1, 0.15) is 18.5 Å². The van der Waals surface area contributed by atoms with Crippen LogP contribution in [-0.2, 0) is 4.79 Å². The summed E-state index contributed by atoms with van der Waals surface area (Å²) in [5, 5.41) is 0.676. The summed E-state index contributed by atoms with van der Waals surface area (Å²) in [6.07, 6.45) is 0. The van der Waals surface area contributed by atoms with Crippen LogP contribution in [0.4, 0.5) is 0 Å². The Hall–Kier alpha value is -1.10. The summed E-state index contributed by atoms with van der Waals surface area (Å²) >= 11 is 6.02. The van der Waals surface area contributed by atoms with Gasteiger partial charge in [-0.15, -0.1) is 0 Å². The maximum absolute atomic E-state index is 11.8. The van der Waals surface area contributed by atoms with Gasteiger partial charge in [0.05, 0.1) is 6.54 Å². The van der Waals surface area contributed by atoms with E-state index in [1.165, 1.54) is 0 Å². The number of benzene rings is 1. The average Bonchev–Trinajstić information content (AvgIpc) is 2.28. The molecular weight excluding hydrogens is 262 g/mol. The van der Waals surface area contributed by atoms with Crippen molar-refractivity contribution in [3.8, 4) is 0 Å². The Kier molecular flexibility index (Phi) is 5.79. The first kappa shape index (κ1) is 16.0. The lowest BCUT2D eigenvalue weighted by Crippen LogP contribution is -2.42. The number of nitrogens with two attached hydrogens (primary N) is 1. The summed E-state index contributed by atoms with van der Waals surface area (Å²) in [6.45, 7) is 2.26. The Morgan fingerprint density at radius 1 is 1.37 bits per heavy atom. The van der Waals surface area contributed by atoms with Crippen molar-refractivity contribution in [1.29, 1.82) is 0 Å². The van der Waals surface area contributed by atoms with Crippen LogP contribution in [0.5, 0.6) is 0 Å². The highest BCUT2D eigenvalue weighted by Crippen LogP contribution is 2.24. The Morgan fingerprint density at radius 2 is 2.00 bits per heavy atom. The van der Waals surface area contributed by atoms with Crippen molar-refractivity contribution in [2.75, 3.05) is 27.7 Å². The van der Waals surface area contributed by atoms with Crippen LogP contribution < -0.4 is 5.73 Å². The molecule has 2 unspecified atom stereocenters. The Balaban J connectivity index is 2.92. The van der Waals surface area contributed by atoms with Crippen LogP contribution in [0.25, 0.3) is 0 Å². The molecule has 106 valence electrons. The van der Waals surface area contributed by atoms with E-state index in [1.807, 2.05) is 43.1 Å². The number of rotatable bonds is 5. The van der Waals surface area contributed by atoms with E-state index in [0.717, 1.165) is 5.56 Å². The Labute approximate surface area is 120 Å². The van der Waals surface area contributed by atoms with Gasteiger partial charge in [0.2, 0.25) is 5.91 Å². The molecule has 0 saturated heterocycles. The summed E-state index contributed by atoms with van der Waals surface area (Å²) < 4.78 is 0. The van der Waals surface area contributed by atoms with Crippen LogP contribution in [0, 0.1) is 0 Å². The van der Waals surface area contributed by atoms with Crippen LogP contribution in [-0.4, -0.2) is 49.4 Å². The van der Waals surface area contributed by atoms with Gasteiger partial charge in [0.1, 0.15) is 0 Å². The molecule has 2 atom stereocenters. The van der Waals surface area contributed by atoms with Crippen LogP contribution in [0.2, 0.25) is 5.02 Å². The zero-order chi connectivity index (χ0) is 14.6. The van der Waals surface area contributed by atoms with E-state index >= 15 is 0 Å². The van der Waals surface area contributed by atoms with Crippen molar-refractivity contribution < 1.29 is 4.79 Å². The molecule has 19 heavy (non-hydrogen) atoms. The summed E-state index contributed by atoms with van der Waals surface area (Å²) in [6, 6.07) is 7.46. The third-order valence-corrected chi connectivity index (χ3v) is 3.28. The zero-order valence-corrected chi connectivity index (χ0v) is 12.7. The van der Waals surface area contributed by atoms with Crippen LogP contribution in [0.15, 0.2) is 24.3 Å². The number of halogens is 1. The molecule has 1 rings (SSSR count). The number of carbonyl (C=O) groups is 1. The summed E-state index contributed by atoms with van der Waals surface area (Å²) in [5.41, 5.74) is 7.09. The van der Waals surface area contributed by atoms with Crippen LogP contribution >= 0.6 is 11.6 Å². The highest BCUT2D eigenvalue weighted by Gasteiger charge is 2.23. The molecule has 2 N–H and O–H groups in total. The summed E-state index contributed by atoms with van der Waals surface area (Å²) in [7, 11) is 5.39. The minimum Gasteiger partial charge on any atom is -0.348 e. The fourth-order valence-corrected chi connectivity index (χ4v) is 2.30. The molecule has 0 radical (unpaired) electrons. The minimum absolute atomic E-state index is 0.0393. The topological polar surface area (TPSA) is 49.6 Å². The van der Waals surface area contributed by atoms with Crippen molar-refractivity contribution in [2.45, 2.75) is 19.0 Å². The third-order valence-electron chi connectivity index (χ3n) is 3.05. The number of nitrogens with zero attached hydrogens (tertiary/aromatic N) is 2.